The highest BCUT2D eigenvalue weighted by Crippen LogP contribution is 2.36. The van der Waals surface area contributed by atoms with Crippen molar-refractivity contribution in [2.24, 2.45) is 0 Å². The molecule has 0 radical (unpaired) electrons. The molecule has 0 aromatic carbocycles. The van der Waals surface area contributed by atoms with Crippen molar-refractivity contribution in [2.75, 3.05) is 7.11 Å². The lowest BCUT2D eigenvalue weighted by Crippen LogP contribution is -2.54. The Hall–Kier alpha value is -0.790. The smallest absolute Gasteiger partial charge is 0.278 e. The summed E-state index contributed by atoms with van der Waals surface area (Å²) in [7, 11) is 1.24. The van der Waals surface area contributed by atoms with Gasteiger partial charge in [0.1, 0.15) is 6.17 Å². The Labute approximate surface area is 86.1 Å². The number of hydrogen-bond donors (Lipinski definition) is 1. The van der Waals surface area contributed by atoms with Crippen molar-refractivity contribution in [3.63, 3.8) is 0 Å². The standard InChI is InChI=1S/C8H14FNO5/c1-4(9)6-8(2,10(12)13)5(11)7(14-3)15-6/h4-7,11H,1-3H3/t4-,5+,6+,7+,8-/m0/s1. The van der Waals surface area contributed by atoms with E-state index in [9.17, 15) is 19.6 Å². The van der Waals surface area contributed by atoms with E-state index in [1.807, 2.05) is 0 Å². The van der Waals surface area contributed by atoms with E-state index in [1.165, 1.54) is 7.11 Å². The van der Waals surface area contributed by atoms with Crippen LogP contribution in [0.5, 0.6) is 0 Å². The number of hydrogen-bond acceptors (Lipinski definition) is 5. The Balaban J connectivity index is 3.03. The third-order valence-corrected chi connectivity index (χ3v) is 2.76. The maximum absolute atomic E-state index is 13.1. The molecule has 0 bridgehead atoms. The van der Waals surface area contributed by atoms with Crippen LogP contribution in [0.25, 0.3) is 0 Å². The Bertz CT molecular complexity index is 261. The van der Waals surface area contributed by atoms with Crippen LogP contribution in [0.3, 0.4) is 0 Å². The lowest BCUT2D eigenvalue weighted by Gasteiger charge is -2.24. The molecule has 15 heavy (non-hydrogen) atoms. The minimum absolute atomic E-state index is 0.725. The van der Waals surface area contributed by atoms with Crippen molar-refractivity contribution < 1.29 is 23.9 Å². The monoisotopic (exact) mass is 223 g/mol. The first-order chi connectivity index (χ1) is 6.85. The van der Waals surface area contributed by atoms with Crippen molar-refractivity contribution in [1.82, 2.24) is 0 Å². The van der Waals surface area contributed by atoms with Gasteiger partial charge < -0.3 is 14.6 Å². The van der Waals surface area contributed by atoms with Crippen LogP contribution in [0, 0.1) is 10.1 Å². The van der Waals surface area contributed by atoms with Crippen LogP contribution in [-0.2, 0) is 9.47 Å². The molecule has 0 amide bonds. The zero-order valence-corrected chi connectivity index (χ0v) is 8.71. The molecule has 1 saturated heterocycles. The summed E-state index contributed by atoms with van der Waals surface area (Å²) in [5.41, 5.74) is -1.88. The van der Waals surface area contributed by atoms with E-state index >= 15 is 0 Å². The van der Waals surface area contributed by atoms with E-state index in [-0.39, 0.29) is 0 Å². The molecule has 88 valence electrons. The zero-order chi connectivity index (χ0) is 11.8. The van der Waals surface area contributed by atoms with E-state index in [0.29, 0.717) is 0 Å². The maximum atomic E-state index is 13.1. The molecule has 1 aliphatic rings. The van der Waals surface area contributed by atoms with Crippen LogP contribution < -0.4 is 0 Å². The van der Waals surface area contributed by atoms with Gasteiger partial charge in [0.15, 0.2) is 18.5 Å². The van der Waals surface area contributed by atoms with E-state index < -0.39 is 35.1 Å². The second-order valence-corrected chi connectivity index (χ2v) is 3.77. The van der Waals surface area contributed by atoms with E-state index in [2.05, 4.69) is 0 Å². The van der Waals surface area contributed by atoms with Gasteiger partial charge in [0.05, 0.1) is 0 Å². The number of halogens is 1. The Morgan fingerprint density at radius 2 is 2.27 bits per heavy atom. The SMILES string of the molecule is CO[C@@H]1O[C@H]([C@H](C)F)[C@@](C)([N+](=O)[O-])[C@@H]1O. The number of rotatable bonds is 3. The Kier molecular flexibility index (Phi) is 3.27. The third-order valence-electron chi connectivity index (χ3n) is 2.76. The average molecular weight is 223 g/mol. The largest absolute Gasteiger partial charge is 0.381 e. The normalized spacial score (nSPS) is 42.9. The van der Waals surface area contributed by atoms with Crippen LogP contribution in [0.4, 0.5) is 4.39 Å². The number of aliphatic hydroxyl groups excluding tert-OH is 1. The second kappa shape index (κ2) is 3.99. The summed E-state index contributed by atoms with van der Waals surface area (Å²) in [4.78, 5) is 10.1. The quantitative estimate of drug-likeness (QED) is 0.542. The fourth-order valence-electron chi connectivity index (χ4n) is 1.77. The molecule has 1 N–H and O–H groups in total. The molecule has 0 unspecified atom stereocenters. The van der Waals surface area contributed by atoms with E-state index in [4.69, 9.17) is 9.47 Å². The third kappa shape index (κ3) is 1.70. The molecular weight excluding hydrogens is 209 g/mol. The summed E-state index contributed by atoms with van der Waals surface area (Å²) in [6.45, 7) is 2.30. The molecule has 6 nitrogen and oxygen atoms in total. The molecule has 1 fully saturated rings. The predicted molar refractivity (Wildman–Crippen MR) is 47.6 cm³/mol. The number of ether oxygens (including phenoxy) is 2. The van der Waals surface area contributed by atoms with Gasteiger partial charge in [0, 0.05) is 19.0 Å². The van der Waals surface area contributed by atoms with Gasteiger partial charge in [-0.25, -0.2) is 4.39 Å². The lowest BCUT2D eigenvalue weighted by molar-refractivity contribution is -0.582. The second-order valence-electron chi connectivity index (χ2n) is 3.77. The van der Waals surface area contributed by atoms with Gasteiger partial charge in [-0.3, -0.25) is 10.1 Å². The molecule has 5 atom stereocenters. The number of alkyl halides is 1. The molecule has 1 aliphatic heterocycles. The molecule has 0 aromatic heterocycles. The molecule has 0 aromatic rings. The molecular formula is C8H14FNO5. The Morgan fingerprint density at radius 3 is 2.53 bits per heavy atom. The van der Waals surface area contributed by atoms with Crippen molar-refractivity contribution in [2.45, 2.75) is 44.1 Å². The van der Waals surface area contributed by atoms with Gasteiger partial charge in [-0.2, -0.15) is 0 Å². The highest BCUT2D eigenvalue weighted by molar-refractivity contribution is 5.00. The van der Waals surface area contributed by atoms with Crippen LogP contribution >= 0.6 is 0 Å². The fraction of sp³-hybridized carbons (Fsp3) is 1.00. The van der Waals surface area contributed by atoms with Crippen molar-refractivity contribution >= 4 is 0 Å². The van der Waals surface area contributed by atoms with Crippen molar-refractivity contribution in [1.29, 1.82) is 0 Å². The summed E-state index contributed by atoms with van der Waals surface area (Å²) in [6, 6.07) is 0. The van der Waals surface area contributed by atoms with Gasteiger partial charge >= 0.3 is 0 Å². The van der Waals surface area contributed by atoms with Gasteiger partial charge in [0.25, 0.3) is 5.54 Å². The lowest BCUT2D eigenvalue weighted by atomic mass is 9.89. The number of nitro groups is 1. The van der Waals surface area contributed by atoms with Crippen LogP contribution in [0.15, 0.2) is 0 Å². The highest BCUT2D eigenvalue weighted by Gasteiger charge is 2.64. The summed E-state index contributed by atoms with van der Waals surface area (Å²) < 4.78 is 22.8. The average Bonchev–Trinajstić information content (AvgIpc) is 2.41. The van der Waals surface area contributed by atoms with Gasteiger partial charge in [-0.1, -0.05) is 0 Å². The summed E-state index contributed by atoms with van der Waals surface area (Å²) in [6.07, 6.45) is -5.52. The Morgan fingerprint density at radius 1 is 1.73 bits per heavy atom. The van der Waals surface area contributed by atoms with Crippen molar-refractivity contribution in [3.8, 4) is 0 Å². The van der Waals surface area contributed by atoms with E-state index in [1.54, 1.807) is 0 Å². The molecule has 7 heteroatoms. The number of methoxy groups -OCH3 is 1. The van der Waals surface area contributed by atoms with Crippen LogP contribution in [-0.4, -0.2) is 47.3 Å². The predicted octanol–water partition coefficient (Wildman–Crippen LogP) is 0.112. The first-order valence-electron chi connectivity index (χ1n) is 4.50. The molecule has 0 spiro atoms. The summed E-state index contributed by atoms with van der Waals surface area (Å²) >= 11 is 0. The first-order valence-corrected chi connectivity index (χ1v) is 4.50. The molecule has 1 rings (SSSR count). The minimum Gasteiger partial charge on any atom is -0.381 e. The minimum atomic E-state index is -1.88. The van der Waals surface area contributed by atoms with Gasteiger partial charge in [0.2, 0.25) is 0 Å². The maximum Gasteiger partial charge on any atom is 0.278 e. The number of nitrogens with zero attached hydrogens (tertiary/aromatic N) is 1. The molecule has 0 aliphatic carbocycles. The van der Waals surface area contributed by atoms with Gasteiger partial charge in [-0.15, -0.1) is 0 Å². The molecule has 1 heterocycles. The van der Waals surface area contributed by atoms with Crippen LogP contribution in [0.2, 0.25) is 0 Å². The van der Waals surface area contributed by atoms with Crippen molar-refractivity contribution in [3.05, 3.63) is 10.1 Å². The topological polar surface area (TPSA) is 81.8 Å². The molecule has 0 saturated carbocycles. The van der Waals surface area contributed by atoms with Crippen LogP contribution in [0.1, 0.15) is 13.8 Å². The highest BCUT2D eigenvalue weighted by atomic mass is 19.1. The zero-order valence-electron chi connectivity index (χ0n) is 8.71. The summed E-state index contributed by atoms with van der Waals surface area (Å²) in [5.74, 6) is 0. The summed E-state index contributed by atoms with van der Waals surface area (Å²) in [5, 5.41) is 20.5. The number of aliphatic hydroxyl groups is 1. The fourth-order valence-corrected chi connectivity index (χ4v) is 1.77. The first kappa shape index (κ1) is 12.3. The van der Waals surface area contributed by atoms with E-state index in [0.717, 1.165) is 13.8 Å². The van der Waals surface area contributed by atoms with Gasteiger partial charge in [-0.05, 0) is 6.92 Å².